The summed E-state index contributed by atoms with van der Waals surface area (Å²) in [5, 5.41) is 19.2. The van der Waals surface area contributed by atoms with Crippen molar-refractivity contribution in [3.05, 3.63) is 53.5 Å². The average molecular weight is 481 g/mol. The van der Waals surface area contributed by atoms with Gasteiger partial charge >= 0.3 is 0 Å². The van der Waals surface area contributed by atoms with Gasteiger partial charge in [-0.1, -0.05) is 24.8 Å². The molecule has 2 aromatic heterocycles. The van der Waals surface area contributed by atoms with Crippen molar-refractivity contribution in [3.8, 4) is 17.7 Å². The van der Waals surface area contributed by atoms with E-state index >= 15 is 0 Å². The van der Waals surface area contributed by atoms with Gasteiger partial charge in [-0.25, -0.2) is 4.98 Å². The number of hydrogen-bond donors (Lipinski definition) is 2. The van der Waals surface area contributed by atoms with Gasteiger partial charge in [0.05, 0.1) is 25.6 Å². The van der Waals surface area contributed by atoms with E-state index in [1.165, 1.54) is 6.20 Å². The second kappa shape index (κ2) is 11.8. The van der Waals surface area contributed by atoms with Gasteiger partial charge in [0, 0.05) is 43.2 Å². The SMILES string of the molecule is C[C@@H]1CN([C@@H](C)CO)C(=O)c2cc(C#C[C@@H](C)O)cnc2O[C@H]1CN(C)C(=O)Cc1ccccn1. The summed E-state index contributed by atoms with van der Waals surface area (Å²) in [5.41, 5.74) is 1.37. The number of aliphatic hydroxyl groups is 2. The lowest BCUT2D eigenvalue weighted by Crippen LogP contribution is -2.50. The van der Waals surface area contributed by atoms with Crippen LogP contribution < -0.4 is 4.74 Å². The molecule has 0 spiro atoms. The van der Waals surface area contributed by atoms with Gasteiger partial charge in [0.15, 0.2) is 0 Å². The van der Waals surface area contributed by atoms with E-state index in [4.69, 9.17) is 4.74 Å². The Balaban J connectivity index is 1.89. The molecule has 1 aliphatic rings. The smallest absolute Gasteiger partial charge is 0.259 e. The number of aromatic nitrogens is 2. The minimum Gasteiger partial charge on any atom is -0.472 e. The van der Waals surface area contributed by atoms with Crippen molar-refractivity contribution in [1.29, 1.82) is 0 Å². The summed E-state index contributed by atoms with van der Waals surface area (Å²) in [5.74, 6) is 5.02. The summed E-state index contributed by atoms with van der Waals surface area (Å²) < 4.78 is 6.20. The maximum Gasteiger partial charge on any atom is 0.259 e. The topological polar surface area (TPSA) is 116 Å². The van der Waals surface area contributed by atoms with Crippen LogP contribution in [0.15, 0.2) is 36.7 Å². The monoisotopic (exact) mass is 480 g/mol. The fraction of sp³-hybridized carbons (Fsp3) is 0.462. The Kier molecular flexibility index (Phi) is 8.79. The van der Waals surface area contributed by atoms with Crippen LogP contribution in [-0.2, 0) is 11.2 Å². The highest BCUT2D eigenvalue weighted by Crippen LogP contribution is 2.27. The van der Waals surface area contributed by atoms with Crippen molar-refractivity contribution >= 4 is 11.8 Å². The first-order valence-corrected chi connectivity index (χ1v) is 11.6. The lowest BCUT2D eigenvalue weighted by molar-refractivity contribution is -0.130. The Hall–Kier alpha value is -3.48. The lowest BCUT2D eigenvalue weighted by atomic mass is 9.99. The Morgan fingerprint density at radius 3 is 2.77 bits per heavy atom. The van der Waals surface area contributed by atoms with Crippen LogP contribution >= 0.6 is 0 Å². The van der Waals surface area contributed by atoms with Crippen LogP contribution in [0.2, 0.25) is 0 Å². The Bertz CT molecular complexity index is 1100. The van der Waals surface area contributed by atoms with E-state index in [2.05, 4.69) is 21.8 Å². The number of amides is 2. The van der Waals surface area contributed by atoms with E-state index in [1.807, 2.05) is 13.0 Å². The van der Waals surface area contributed by atoms with Gasteiger partial charge in [-0.15, -0.1) is 0 Å². The summed E-state index contributed by atoms with van der Waals surface area (Å²) in [4.78, 5) is 38.0. The molecular weight excluding hydrogens is 448 g/mol. The number of hydrogen-bond acceptors (Lipinski definition) is 7. The molecule has 0 bridgehead atoms. The molecule has 2 N–H and O–H groups in total. The van der Waals surface area contributed by atoms with Crippen LogP contribution in [0.1, 0.15) is 42.4 Å². The van der Waals surface area contributed by atoms with Crippen molar-refractivity contribution in [3.63, 3.8) is 0 Å². The van der Waals surface area contributed by atoms with Gasteiger partial charge in [-0.05, 0) is 32.0 Å². The van der Waals surface area contributed by atoms with E-state index < -0.39 is 18.2 Å². The first-order chi connectivity index (χ1) is 16.7. The Morgan fingerprint density at radius 1 is 1.34 bits per heavy atom. The second-order valence-electron chi connectivity index (χ2n) is 8.92. The van der Waals surface area contributed by atoms with Crippen LogP contribution in [0.4, 0.5) is 0 Å². The minimum atomic E-state index is -0.820. The fourth-order valence-electron chi connectivity index (χ4n) is 3.74. The molecule has 0 saturated carbocycles. The molecule has 4 atom stereocenters. The van der Waals surface area contributed by atoms with E-state index in [1.54, 1.807) is 55.1 Å². The van der Waals surface area contributed by atoms with Crippen LogP contribution in [-0.4, -0.2) is 86.8 Å². The first-order valence-electron chi connectivity index (χ1n) is 11.6. The van der Waals surface area contributed by atoms with Crippen molar-refractivity contribution in [2.24, 2.45) is 5.92 Å². The molecule has 186 valence electrons. The molecule has 9 nitrogen and oxygen atoms in total. The van der Waals surface area contributed by atoms with Crippen molar-refractivity contribution in [2.45, 2.75) is 45.4 Å². The molecule has 2 aromatic rings. The number of rotatable bonds is 6. The van der Waals surface area contributed by atoms with Gasteiger partial charge in [0.25, 0.3) is 5.91 Å². The minimum absolute atomic E-state index is 0.102. The largest absolute Gasteiger partial charge is 0.472 e. The van der Waals surface area contributed by atoms with Crippen molar-refractivity contribution < 1.29 is 24.5 Å². The molecule has 0 aliphatic carbocycles. The van der Waals surface area contributed by atoms with E-state index in [0.29, 0.717) is 17.8 Å². The number of pyridine rings is 2. The highest BCUT2D eigenvalue weighted by Gasteiger charge is 2.34. The third-order valence-electron chi connectivity index (χ3n) is 5.88. The molecule has 0 radical (unpaired) electrons. The molecule has 0 aromatic carbocycles. The van der Waals surface area contributed by atoms with Crippen molar-refractivity contribution in [1.82, 2.24) is 19.8 Å². The predicted octanol–water partition coefficient (Wildman–Crippen LogP) is 1.13. The molecule has 3 heterocycles. The zero-order chi connectivity index (χ0) is 25.5. The van der Waals surface area contributed by atoms with E-state index in [0.717, 1.165) is 0 Å². The summed E-state index contributed by atoms with van der Waals surface area (Å²) in [7, 11) is 1.71. The van der Waals surface area contributed by atoms with Gasteiger partial charge < -0.3 is 24.7 Å². The van der Waals surface area contributed by atoms with Crippen LogP contribution in [0, 0.1) is 17.8 Å². The molecule has 1 aliphatic heterocycles. The Labute approximate surface area is 205 Å². The number of nitrogens with zero attached hydrogens (tertiary/aromatic N) is 4. The van der Waals surface area contributed by atoms with Crippen LogP contribution in [0.5, 0.6) is 5.88 Å². The third kappa shape index (κ3) is 6.78. The maximum atomic E-state index is 13.4. The van der Waals surface area contributed by atoms with Crippen molar-refractivity contribution in [2.75, 3.05) is 26.7 Å². The number of fused-ring (bicyclic) bond motifs is 1. The van der Waals surface area contributed by atoms with Gasteiger partial charge in [0.1, 0.15) is 17.8 Å². The number of carbonyl (C=O) groups is 2. The van der Waals surface area contributed by atoms with Gasteiger partial charge in [-0.2, -0.15) is 0 Å². The average Bonchev–Trinajstić information content (AvgIpc) is 2.84. The summed E-state index contributed by atoms with van der Waals surface area (Å²) in [6.07, 6.45) is 2.04. The third-order valence-corrected chi connectivity index (χ3v) is 5.88. The molecule has 0 saturated heterocycles. The van der Waals surface area contributed by atoms with Crippen LogP contribution in [0.25, 0.3) is 0 Å². The molecule has 35 heavy (non-hydrogen) atoms. The Morgan fingerprint density at radius 2 is 2.11 bits per heavy atom. The van der Waals surface area contributed by atoms with E-state index in [9.17, 15) is 19.8 Å². The molecule has 0 fully saturated rings. The molecular formula is C26H32N4O5. The zero-order valence-corrected chi connectivity index (χ0v) is 20.5. The quantitative estimate of drug-likeness (QED) is 0.596. The number of aliphatic hydroxyl groups excluding tert-OH is 2. The second-order valence-corrected chi connectivity index (χ2v) is 8.92. The molecule has 3 rings (SSSR count). The zero-order valence-electron chi connectivity index (χ0n) is 20.5. The number of carbonyl (C=O) groups excluding carboxylic acids is 2. The summed E-state index contributed by atoms with van der Waals surface area (Å²) in [6.45, 7) is 5.68. The highest BCUT2D eigenvalue weighted by molar-refractivity contribution is 5.97. The lowest BCUT2D eigenvalue weighted by Gasteiger charge is -2.37. The molecule has 0 unspecified atom stereocenters. The number of ether oxygens (including phenoxy) is 1. The normalized spacial score (nSPS) is 19.3. The van der Waals surface area contributed by atoms with Crippen LogP contribution in [0.3, 0.4) is 0 Å². The summed E-state index contributed by atoms with van der Waals surface area (Å²) >= 11 is 0. The van der Waals surface area contributed by atoms with E-state index in [-0.39, 0.29) is 48.7 Å². The first kappa shape index (κ1) is 26.1. The maximum absolute atomic E-state index is 13.4. The number of likely N-dealkylation sites (N-methyl/N-ethyl adjacent to an activating group) is 1. The predicted molar refractivity (Wildman–Crippen MR) is 130 cm³/mol. The van der Waals surface area contributed by atoms with Gasteiger partial charge in [0.2, 0.25) is 11.8 Å². The highest BCUT2D eigenvalue weighted by atomic mass is 16.5. The molecule has 9 heteroatoms. The van der Waals surface area contributed by atoms with Gasteiger partial charge in [-0.3, -0.25) is 14.6 Å². The molecule has 2 amide bonds. The standard InChI is InChI=1S/C26H32N4O5/c1-17-14-30(18(2)16-31)26(34)22-11-20(9-8-19(3)32)13-28-25(22)35-23(17)15-29(4)24(33)12-21-7-5-6-10-27-21/h5-7,10-11,13,17-19,23,31-32H,12,14-16H2,1-4H3/t17-,18+,19-,23+/m1/s1. The fourth-order valence-corrected chi connectivity index (χ4v) is 3.74. The summed E-state index contributed by atoms with van der Waals surface area (Å²) in [6, 6.07) is 6.60.